The number of nitrogens with zero attached hydrogens (tertiary/aromatic N) is 2. The maximum Gasteiger partial charge on any atom is 0.193 e. The van der Waals surface area contributed by atoms with Crippen LogP contribution in [0.15, 0.2) is 58.0 Å². The third-order valence-corrected chi connectivity index (χ3v) is 4.88. The fraction of sp³-hybridized carbons (Fsp3) is 0.222. The Morgan fingerprint density at radius 3 is 2.52 bits per heavy atom. The quantitative estimate of drug-likeness (QED) is 0.843. The van der Waals surface area contributed by atoms with Gasteiger partial charge in [-0.05, 0) is 30.2 Å². The molecule has 5 heteroatoms. The van der Waals surface area contributed by atoms with Crippen molar-refractivity contribution >= 4 is 28.2 Å². The van der Waals surface area contributed by atoms with Crippen LogP contribution in [0.25, 0.3) is 0 Å². The zero-order valence-corrected chi connectivity index (χ0v) is 14.6. The van der Waals surface area contributed by atoms with E-state index < -0.39 is 11.6 Å². The average Bonchev–Trinajstić information content (AvgIpc) is 2.80. The molecule has 0 saturated carbocycles. The average molecular weight is 372 g/mol. The molecule has 0 spiro atoms. The van der Waals surface area contributed by atoms with Gasteiger partial charge < -0.3 is 15.4 Å². The number of carbonyl (C=O) groups excluding carboxylic acids is 1. The standard InChI is InChI=1S/C18H18BrN3O/c1-12-6-8-13(9-7-12)18(14-4-3-5-15(19)10-14)16(11-23)22(2)17(20)21-18/h3-11,16H,1-2H3,(H2,20,21). The highest BCUT2D eigenvalue weighted by Gasteiger charge is 2.49. The van der Waals surface area contributed by atoms with E-state index in [1.165, 1.54) is 0 Å². The van der Waals surface area contributed by atoms with Crippen LogP contribution in [-0.4, -0.2) is 30.2 Å². The summed E-state index contributed by atoms with van der Waals surface area (Å²) in [6.07, 6.45) is 0.921. The molecule has 0 saturated heterocycles. The number of halogens is 1. The normalized spacial score (nSPS) is 23.7. The summed E-state index contributed by atoms with van der Waals surface area (Å²) in [5, 5.41) is 0. The number of hydrogen-bond acceptors (Lipinski definition) is 4. The zero-order chi connectivity index (χ0) is 16.6. The van der Waals surface area contributed by atoms with Gasteiger partial charge in [-0.3, -0.25) is 0 Å². The molecule has 1 aliphatic rings. The van der Waals surface area contributed by atoms with Crippen molar-refractivity contribution in [1.82, 2.24) is 4.90 Å². The molecule has 3 rings (SSSR count). The van der Waals surface area contributed by atoms with E-state index in [1.807, 2.05) is 55.5 Å². The van der Waals surface area contributed by atoms with Crippen molar-refractivity contribution in [2.24, 2.45) is 10.7 Å². The summed E-state index contributed by atoms with van der Waals surface area (Å²) in [6, 6.07) is 15.5. The van der Waals surface area contributed by atoms with Gasteiger partial charge in [0.15, 0.2) is 5.96 Å². The van der Waals surface area contributed by atoms with Gasteiger partial charge in [-0.2, -0.15) is 0 Å². The lowest BCUT2D eigenvalue weighted by Gasteiger charge is -2.33. The Balaban J connectivity index is 2.30. The van der Waals surface area contributed by atoms with Gasteiger partial charge in [0.25, 0.3) is 0 Å². The Morgan fingerprint density at radius 1 is 1.22 bits per heavy atom. The molecule has 0 aliphatic carbocycles. The molecule has 1 aliphatic heterocycles. The van der Waals surface area contributed by atoms with Crippen molar-refractivity contribution in [2.45, 2.75) is 18.5 Å². The molecule has 2 aromatic rings. The van der Waals surface area contributed by atoms with E-state index >= 15 is 0 Å². The second-order valence-electron chi connectivity index (χ2n) is 5.80. The fourth-order valence-corrected chi connectivity index (χ4v) is 3.51. The van der Waals surface area contributed by atoms with Crippen molar-refractivity contribution in [1.29, 1.82) is 0 Å². The molecule has 118 valence electrons. The maximum absolute atomic E-state index is 11.9. The summed E-state index contributed by atoms with van der Waals surface area (Å²) in [5.74, 6) is 0.364. The molecule has 23 heavy (non-hydrogen) atoms. The minimum absolute atomic E-state index is 0.364. The monoisotopic (exact) mass is 371 g/mol. The smallest absolute Gasteiger partial charge is 0.193 e. The van der Waals surface area contributed by atoms with Crippen LogP contribution in [0.4, 0.5) is 0 Å². The van der Waals surface area contributed by atoms with Crippen LogP contribution in [-0.2, 0) is 10.3 Å². The maximum atomic E-state index is 11.9. The Hall–Kier alpha value is -2.14. The first-order valence-corrected chi connectivity index (χ1v) is 8.15. The third-order valence-electron chi connectivity index (χ3n) is 4.38. The van der Waals surface area contributed by atoms with E-state index in [0.717, 1.165) is 27.4 Å². The van der Waals surface area contributed by atoms with E-state index in [9.17, 15) is 4.79 Å². The lowest BCUT2D eigenvalue weighted by atomic mass is 9.78. The number of hydrogen-bond donors (Lipinski definition) is 1. The van der Waals surface area contributed by atoms with Crippen LogP contribution >= 0.6 is 15.9 Å². The van der Waals surface area contributed by atoms with Gasteiger partial charge in [0.1, 0.15) is 17.9 Å². The second-order valence-corrected chi connectivity index (χ2v) is 6.72. The summed E-state index contributed by atoms with van der Waals surface area (Å²) >= 11 is 3.51. The van der Waals surface area contributed by atoms with E-state index in [-0.39, 0.29) is 0 Å². The predicted molar refractivity (Wildman–Crippen MR) is 95.3 cm³/mol. The molecule has 0 fully saturated rings. The largest absolute Gasteiger partial charge is 0.370 e. The van der Waals surface area contributed by atoms with Gasteiger partial charge in [-0.25, -0.2) is 4.99 Å². The number of likely N-dealkylation sites (N-methyl/N-ethyl adjacent to an activating group) is 1. The molecule has 0 aromatic heterocycles. The van der Waals surface area contributed by atoms with Crippen LogP contribution in [0.5, 0.6) is 0 Å². The molecule has 0 amide bonds. The van der Waals surface area contributed by atoms with Crippen LogP contribution < -0.4 is 5.73 Å². The predicted octanol–water partition coefficient (Wildman–Crippen LogP) is 2.83. The van der Waals surface area contributed by atoms with Gasteiger partial charge in [-0.15, -0.1) is 0 Å². The Morgan fingerprint density at radius 2 is 1.91 bits per heavy atom. The molecular weight excluding hydrogens is 354 g/mol. The van der Waals surface area contributed by atoms with E-state index in [2.05, 4.69) is 15.9 Å². The summed E-state index contributed by atoms with van der Waals surface area (Å²) in [6.45, 7) is 2.03. The number of aryl methyl sites for hydroxylation is 1. The van der Waals surface area contributed by atoms with Crippen LogP contribution in [0, 0.1) is 6.92 Å². The first-order valence-electron chi connectivity index (χ1n) is 7.35. The highest BCUT2D eigenvalue weighted by molar-refractivity contribution is 9.10. The van der Waals surface area contributed by atoms with E-state index in [4.69, 9.17) is 10.7 Å². The van der Waals surface area contributed by atoms with Gasteiger partial charge in [0.05, 0.1) is 0 Å². The molecule has 2 unspecified atom stereocenters. The molecule has 1 heterocycles. The summed E-state index contributed by atoms with van der Waals surface area (Å²) < 4.78 is 0.939. The van der Waals surface area contributed by atoms with Gasteiger partial charge in [0.2, 0.25) is 0 Å². The highest BCUT2D eigenvalue weighted by atomic mass is 79.9. The Labute approximate surface area is 144 Å². The Kier molecular flexibility index (Phi) is 3.98. The molecule has 2 atom stereocenters. The molecular formula is C18H18BrN3O. The van der Waals surface area contributed by atoms with Crippen LogP contribution in [0.2, 0.25) is 0 Å². The lowest BCUT2D eigenvalue weighted by molar-refractivity contribution is -0.111. The molecule has 0 radical (unpaired) electrons. The van der Waals surface area contributed by atoms with Crippen molar-refractivity contribution in [3.63, 3.8) is 0 Å². The van der Waals surface area contributed by atoms with E-state index in [1.54, 1.807) is 11.9 Å². The SMILES string of the molecule is Cc1ccc(C2(c3cccc(Br)c3)N=C(N)N(C)C2C=O)cc1. The molecule has 4 nitrogen and oxygen atoms in total. The minimum Gasteiger partial charge on any atom is -0.370 e. The minimum atomic E-state index is -0.835. The number of aldehydes is 1. The van der Waals surface area contributed by atoms with Crippen molar-refractivity contribution < 1.29 is 4.79 Å². The number of benzene rings is 2. The van der Waals surface area contributed by atoms with E-state index in [0.29, 0.717) is 5.96 Å². The van der Waals surface area contributed by atoms with Crippen molar-refractivity contribution in [3.05, 3.63) is 69.7 Å². The number of nitrogens with two attached hydrogens (primary N) is 1. The molecule has 2 aromatic carbocycles. The topological polar surface area (TPSA) is 58.7 Å². The summed E-state index contributed by atoms with van der Waals surface area (Å²) in [5.41, 5.74) is 8.27. The zero-order valence-electron chi connectivity index (χ0n) is 13.0. The lowest BCUT2D eigenvalue weighted by Crippen LogP contribution is -2.46. The second kappa shape index (κ2) is 5.81. The van der Waals surface area contributed by atoms with Gasteiger partial charge in [0, 0.05) is 11.5 Å². The Bertz CT molecular complexity index is 772. The number of aliphatic imine (C=N–C) groups is 1. The van der Waals surface area contributed by atoms with Crippen molar-refractivity contribution in [3.8, 4) is 0 Å². The van der Waals surface area contributed by atoms with Gasteiger partial charge >= 0.3 is 0 Å². The summed E-state index contributed by atoms with van der Waals surface area (Å²) in [4.78, 5) is 18.4. The van der Waals surface area contributed by atoms with Crippen LogP contribution in [0.3, 0.4) is 0 Å². The first-order chi connectivity index (χ1) is 11.0. The number of rotatable bonds is 3. The fourth-order valence-electron chi connectivity index (χ4n) is 3.11. The highest BCUT2D eigenvalue weighted by Crippen LogP contribution is 2.42. The first kappa shape index (κ1) is 15.7. The van der Waals surface area contributed by atoms with Crippen molar-refractivity contribution in [2.75, 3.05) is 7.05 Å². The number of carbonyl (C=O) groups is 1. The third kappa shape index (κ3) is 2.45. The van der Waals surface area contributed by atoms with Gasteiger partial charge in [-0.1, -0.05) is 57.9 Å². The van der Waals surface area contributed by atoms with Crippen LogP contribution in [0.1, 0.15) is 16.7 Å². The molecule has 0 bridgehead atoms. The number of guanidine groups is 1. The molecule has 2 N–H and O–H groups in total. The summed E-state index contributed by atoms with van der Waals surface area (Å²) in [7, 11) is 1.80.